The average molecular weight is 368 g/mol. The van der Waals surface area contributed by atoms with Gasteiger partial charge in [0.25, 0.3) is 0 Å². The van der Waals surface area contributed by atoms with Gasteiger partial charge in [-0.25, -0.2) is 4.39 Å². The molecule has 3 rings (SSSR count). The number of likely N-dealkylation sites (tertiary alicyclic amines) is 1. The van der Waals surface area contributed by atoms with E-state index in [1.165, 1.54) is 17.7 Å². The van der Waals surface area contributed by atoms with Crippen LogP contribution in [0.15, 0.2) is 48.5 Å². The summed E-state index contributed by atoms with van der Waals surface area (Å²) in [5.74, 6) is -0.201. The van der Waals surface area contributed by atoms with Crippen molar-refractivity contribution in [2.45, 2.75) is 45.2 Å². The molecule has 1 aliphatic heterocycles. The molecule has 1 saturated heterocycles. The van der Waals surface area contributed by atoms with Crippen LogP contribution in [-0.2, 0) is 22.6 Å². The standard InChI is InChI=1S/C22H25FN2O2/c1-16-2-4-18(5-3-16)15-25-20(10-11-22(25)27)14-21(26)24-13-12-17-6-8-19(23)9-7-17/h2-9,20H,10-15H2,1H3,(H,24,26). The number of nitrogens with one attached hydrogen (secondary N) is 1. The van der Waals surface area contributed by atoms with Crippen LogP contribution >= 0.6 is 0 Å². The molecule has 1 fully saturated rings. The zero-order chi connectivity index (χ0) is 19.2. The summed E-state index contributed by atoms with van der Waals surface area (Å²) < 4.78 is 12.9. The van der Waals surface area contributed by atoms with Crippen LogP contribution in [0.25, 0.3) is 0 Å². The molecule has 0 radical (unpaired) electrons. The molecule has 142 valence electrons. The van der Waals surface area contributed by atoms with E-state index in [1.54, 1.807) is 12.1 Å². The van der Waals surface area contributed by atoms with E-state index in [1.807, 2.05) is 36.1 Å². The lowest BCUT2D eigenvalue weighted by Crippen LogP contribution is -2.37. The predicted molar refractivity (Wildman–Crippen MR) is 102 cm³/mol. The highest BCUT2D eigenvalue weighted by Gasteiger charge is 2.32. The van der Waals surface area contributed by atoms with Gasteiger partial charge in [-0.05, 0) is 43.0 Å². The minimum Gasteiger partial charge on any atom is -0.356 e. The molecule has 2 aromatic rings. The van der Waals surface area contributed by atoms with E-state index < -0.39 is 0 Å². The number of hydrogen-bond donors (Lipinski definition) is 1. The SMILES string of the molecule is Cc1ccc(CN2C(=O)CCC2CC(=O)NCCc2ccc(F)cc2)cc1. The van der Waals surface area contributed by atoms with E-state index in [4.69, 9.17) is 0 Å². The Morgan fingerprint density at radius 3 is 2.48 bits per heavy atom. The summed E-state index contributed by atoms with van der Waals surface area (Å²) in [6, 6.07) is 14.4. The minimum absolute atomic E-state index is 0.0503. The maximum atomic E-state index is 12.9. The van der Waals surface area contributed by atoms with Crippen molar-refractivity contribution >= 4 is 11.8 Å². The maximum absolute atomic E-state index is 12.9. The van der Waals surface area contributed by atoms with E-state index in [0.717, 1.165) is 17.5 Å². The lowest BCUT2D eigenvalue weighted by Gasteiger charge is -2.24. The van der Waals surface area contributed by atoms with Gasteiger partial charge in [-0.3, -0.25) is 9.59 Å². The third-order valence-corrected chi connectivity index (χ3v) is 5.00. The van der Waals surface area contributed by atoms with Gasteiger partial charge in [0.2, 0.25) is 11.8 Å². The number of aryl methyl sites for hydroxylation is 1. The summed E-state index contributed by atoms with van der Waals surface area (Å²) in [4.78, 5) is 26.3. The van der Waals surface area contributed by atoms with Crippen molar-refractivity contribution in [2.75, 3.05) is 6.54 Å². The van der Waals surface area contributed by atoms with Gasteiger partial charge < -0.3 is 10.2 Å². The first-order chi connectivity index (χ1) is 13.0. The smallest absolute Gasteiger partial charge is 0.223 e. The van der Waals surface area contributed by atoms with Crippen LogP contribution < -0.4 is 5.32 Å². The van der Waals surface area contributed by atoms with Gasteiger partial charge in [0.05, 0.1) is 0 Å². The summed E-state index contributed by atoms with van der Waals surface area (Å²) in [6.45, 7) is 3.08. The average Bonchev–Trinajstić information content (AvgIpc) is 2.98. The summed E-state index contributed by atoms with van der Waals surface area (Å²) in [5, 5.41) is 2.91. The van der Waals surface area contributed by atoms with Crippen LogP contribution in [0, 0.1) is 12.7 Å². The molecule has 1 atom stereocenters. The third-order valence-electron chi connectivity index (χ3n) is 5.00. The first-order valence-corrected chi connectivity index (χ1v) is 9.37. The number of benzene rings is 2. The van der Waals surface area contributed by atoms with Crippen LogP contribution in [0.4, 0.5) is 4.39 Å². The first kappa shape index (κ1) is 19.1. The number of rotatable bonds is 7. The van der Waals surface area contributed by atoms with Crippen LogP contribution in [0.3, 0.4) is 0 Å². The van der Waals surface area contributed by atoms with Gasteiger partial charge in [-0.1, -0.05) is 42.0 Å². The topological polar surface area (TPSA) is 49.4 Å². The second-order valence-electron chi connectivity index (χ2n) is 7.13. The molecule has 2 amide bonds. The Balaban J connectivity index is 1.49. The lowest BCUT2D eigenvalue weighted by atomic mass is 10.1. The molecule has 0 spiro atoms. The lowest BCUT2D eigenvalue weighted by molar-refractivity contribution is -0.130. The number of carbonyl (C=O) groups excluding carboxylic acids is 2. The minimum atomic E-state index is -0.262. The molecule has 2 aromatic carbocycles. The van der Waals surface area contributed by atoms with E-state index in [2.05, 4.69) is 5.32 Å². The number of halogens is 1. The van der Waals surface area contributed by atoms with Gasteiger partial charge in [0, 0.05) is 32.0 Å². The first-order valence-electron chi connectivity index (χ1n) is 9.37. The van der Waals surface area contributed by atoms with Crippen molar-refractivity contribution in [2.24, 2.45) is 0 Å². The summed E-state index contributed by atoms with van der Waals surface area (Å²) in [5.41, 5.74) is 3.25. The van der Waals surface area contributed by atoms with Crippen molar-refractivity contribution in [1.29, 1.82) is 0 Å². The Morgan fingerprint density at radius 1 is 1.11 bits per heavy atom. The summed E-state index contributed by atoms with van der Waals surface area (Å²) in [7, 11) is 0. The molecule has 0 aromatic heterocycles. The fraction of sp³-hybridized carbons (Fsp3) is 0.364. The second kappa shape index (κ2) is 8.80. The summed E-state index contributed by atoms with van der Waals surface area (Å²) in [6.07, 6.45) is 2.19. The third kappa shape index (κ3) is 5.39. The molecule has 27 heavy (non-hydrogen) atoms. The quantitative estimate of drug-likeness (QED) is 0.815. The Morgan fingerprint density at radius 2 is 1.78 bits per heavy atom. The Bertz CT molecular complexity index is 787. The van der Waals surface area contributed by atoms with Crippen molar-refractivity contribution in [3.8, 4) is 0 Å². The summed E-state index contributed by atoms with van der Waals surface area (Å²) >= 11 is 0. The van der Waals surface area contributed by atoms with Gasteiger partial charge in [0.1, 0.15) is 5.82 Å². The van der Waals surface area contributed by atoms with E-state index >= 15 is 0 Å². The van der Waals surface area contributed by atoms with Gasteiger partial charge in [0.15, 0.2) is 0 Å². The monoisotopic (exact) mass is 368 g/mol. The molecular weight excluding hydrogens is 343 g/mol. The number of amides is 2. The highest BCUT2D eigenvalue weighted by molar-refractivity contribution is 5.82. The number of hydrogen-bond acceptors (Lipinski definition) is 2. The molecule has 1 aliphatic rings. The highest BCUT2D eigenvalue weighted by atomic mass is 19.1. The van der Waals surface area contributed by atoms with Gasteiger partial charge >= 0.3 is 0 Å². The van der Waals surface area contributed by atoms with Crippen LogP contribution in [0.1, 0.15) is 36.0 Å². The van der Waals surface area contributed by atoms with Crippen molar-refractivity contribution in [3.05, 3.63) is 71.0 Å². The van der Waals surface area contributed by atoms with Gasteiger partial charge in [-0.15, -0.1) is 0 Å². The molecule has 4 nitrogen and oxygen atoms in total. The van der Waals surface area contributed by atoms with Gasteiger partial charge in [-0.2, -0.15) is 0 Å². The van der Waals surface area contributed by atoms with Crippen molar-refractivity contribution < 1.29 is 14.0 Å². The fourth-order valence-electron chi connectivity index (χ4n) is 3.40. The molecule has 0 saturated carbocycles. The normalized spacial score (nSPS) is 16.6. The Hall–Kier alpha value is -2.69. The molecular formula is C22H25FN2O2. The van der Waals surface area contributed by atoms with Crippen molar-refractivity contribution in [1.82, 2.24) is 10.2 Å². The number of nitrogens with zero attached hydrogens (tertiary/aromatic N) is 1. The molecule has 1 N–H and O–H groups in total. The van der Waals surface area contributed by atoms with E-state index in [0.29, 0.717) is 32.4 Å². The molecule has 0 bridgehead atoms. The fourth-order valence-corrected chi connectivity index (χ4v) is 3.40. The second-order valence-corrected chi connectivity index (χ2v) is 7.13. The molecule has 1 unspecified atom stereocenters. The largest absolute Gasteiger partial charge is 0.356 e. The zero-order valence-electron chi connectivity index (χ0n) is 15.6. The van der Waals surface area contributed by atoms with Crippen molar-refractivity contribution in [3.63, 3.8) is 0 Å². The molecule has 1 heterocycles. The maximum Gasteiger partial charge on any atom is 0.223 e. The van der Waals surface area contributed by atoms with E-state index in [-0.39, 0.29) is 23.7 Å². The molecule has 5 heteroatoms. The molecule has 0 aliphatic carbocycles. The predicted octanol–water partition coefficient (Wildman–Crippen LogP) is 3.37. The highest BCUT2D eigenvalue weighted by Crippen LogP contribution is 2.24. The van der Waals surface area contributed by atoms with Crippen LogP contribution in [-0.4, -0.2) is 29.3 Å². The Kier molecular flexibility index (Phi) is 6.22. The van der Waals surface area contributed by atoms with Crippen LogP contribution in [0.2, 0.25) is 0 Å². The Labute approximate surface area is 159 Å². The van der Waals surface area contributed by atoms with Crippen LogP contribution in [0.5, 0.6) is 0 Å². The van der Waals surface area contributed by atoms with E-state index in [9.17, 15) is 14.0 Å². The zero-order valence-corrected chi connectivity index (χ0v) is 15.6. The number of carbonyl (C=O) groups is 2.